The Hall–Kier alpha value is -4.73. The van der Waals surface area contributed by atoms with Gasteiger partial charge in [-0.1, -0.05) is 72.3 Å². The van der Waals surface area contributed by atoms with Gasteiger partial charge in [-0.15, -0.1) is 0 Å². The number of halogens is 2. The van der Waals surface area contributed by atoms with Gasteiger partial charge < -0.3 is 19.1 Å². The van der Waals surface area contributed by atoms with Crippen molar-refractivity contribution in [1.29, 1.82) is 0 Å². The third-order valence-corrected chi connectivity index (χ3v) is 7.24. The van der Waals surface area contributed by atoms with Gasteiger partial charge in [-0.2, -0.15) is 0 Å². The van der Waals surface area contributed by atoms with Crippen molar-refractivity contribution in [3.63, 3.8) is 0 Å². The predicted octanol–water partition coefficient (Wildman–Crippen LogP) is 5.81. The molecule has 10 heteroatoms. The number of carbonyl (C=O) groups is 3. The van der Waals surface area contributed by atoms with E-state index in [1.165, 1.54) is 40.1 Å². The van der Waals surface area contributed by atoms with E-state index in [2.05, 4.69) is 0 Å². The molecule has 0 saturated heterocycles. The zero-order chi connectivity index (χ0) is 30.9. The fraction of sp³-hybridized carbons (Fsp3) is 0.206. The number of rotatable bonds is 11. The van der Waals surface area contributed by atoms with Crippen LogP contribution in [-0.4, -0.2) is 49.0 Å². The summed E-state index contributed by atoms with van der Waals surface area (Å²) in [5.74, 6) is -1.77. The number of anilines is 1. The summed E-state index contributed by atoms with van der Waals surface area (Å²) in [6.07, 6.45) is 0. The molecule has 0 saturated carbocycles. The van der Waals surface area contributed by atoms with Crippen LogP contribution in [0.15, 0.2) is 97.1 Å². The van der Waals surface area contributed by atoms with Gasteiger partial charge >= 0.3 is 5.97 Å². The number of esters is 1. The molecule has 0 spiro atoms. The Bertz CT molecular complexity index is 1620. The van der Waals surface area contributed by atoms with Crippen LogP contribution < -0.4 is 9.64 Å². The summed E-state index contributed by atoms with van der Waals surface area (Å²) in [4.78, 5) is 42.1. The normalized spacial score (nSPS) is 12.8. The van der Waals surface area contributed by atoms with Crippen molar-refractivity contribution in [2.24, 2.45) is 0 Å². The van der Waals surface area contributed by atoms with E-state index in [1.807, 2.05) is 60.7 Å². The van der Waals surface area contributed by atoms with Crippen LogP contribution in [0.1, 0.15) is 27.0 Å². The van der Waals surface area contributed by atoms with Crippen molar-refractivity contribution in [2.45, 2.75) is 19.8 Å². The number of ether oxygens (including phenoxy) is 3. The second kappa shape index (κ2) is 14.6. The first-order valence-corrected chi connectivity index (χ1v) is 14.4. The Morgan fingerprint density at radius 3 is 2.23 bits per heavy atom. The molecule has 1 aliphatic heterocycles. The number of carbonyl (C=O) groups excluding carboxylic acids is 3. The van der Waals surface area contributed by atoms with Crippen molar-refractivity contribution in [3.8, 4) is 5.75 Å². The number of hydrogen-bond acceptors (Lipinski definition) is 6. The average Bonchev–Trinajstić information content (AvgIpc) is 3.16. The molecule has 0 fully saturated rings. The van der Waals surface area contributed by atoms with Gasteiger partial charge in [0.15, 0.2) is 0 Å². The van der Waals surface area contributed by atoms with Gasteiger partial charge in [-0.25, -0.2) is 4.39 Å². The Balaban J connectivity index is 1.23. The first kappa shape index (κ1) is 30.7. The molecular weight excluding hydrogens is 587 g/mol. The standard InChI is InChI=1S/C34H30ClFN2O6/c35-30-18-28(43-16-15-42-22-24-7-3-1-4-8-24)12-13-29(30)34(41)38-20-32(39)37(19-26-17-27(36)11-14-31(26)38)21-33(40)44-23-25-9-5-2-6-10-25/h1-14,17-18H,15-16,19-23H2. The molecular formula is C34H30ClFN2O6. The highest BCUT2D eigenvalue weighted by atomic mass is 35.5. The fourth-order valence-electron chi connectivity index (χ4n) is 4.71. The van der Waals surface area contributed by atoms with E-state index in [4.69, 9.17) is 25.8 Å². The molecule has 226 valence electrons. The summed E-state index contributed by atoms with van der Waals surface area (Å²) < 4.78 is 31.0. The van der Waals surface area contributed by atoms with E-state index in [0.717, 1.165) is 11.1 Å². The molecule has 0 bridgehead atoms. The summed E-state index contributed by atoms with van der Waals surface area (Å²) in [5, 5.41) is 0.124. The van der Waals surface area contributed by atoms with Crippen molar-refractivity contribution in [3.05, 3.63) is 130 Å². The Kier molecular flexibility index (Phi) is 10.2. The molecule has 1 heterocycles. The maximum atomic E-state index is 14.3. The lowest BCUT2D eigenvalue weighted by atomic mass is 10.1. The van der Waals surface area contributed by atoms with E-state index in [-0.39, 0.29) is 43.4 Å². The molecule has 44 heavy (non-hydrogen) atoms. The minimum absolute atomic E-state index is 0.0520. The molecule has 0 radical (unpaired) electrons. The molecule has 0 unspecified atom stereocenters. The van der Waals surface area contributed by atoms with Crippen LogP contribution >= 0.6 is 11.6 Å². The van der Waals surface area contributed by atoms with Crippen molar-refractivity contribution < 1.29 is 33.0 Å². The molecule has 2 amide bonds. The minimum Gasteiger partial charge on any atom is -0.491 e. The minimum atomic E-state index is -0.621. The zero-order valence-corrected chi connectivity index (χ0v) is 24.5. The molecule has 4 aromatic rings. The predicted molar refractivity (Wildman–Crippen MR) is 163 cm³/mol. The Morgan fingerprint density at radius 2 is 1.52 bits per heavy atom. The van der Waals surface area contributed by atoms with Gasteiger partial charge in [-0.05, 0) is 53.1 Å². The number of benzene rings is 4. The van der Waals surface area contributed by atoms with Gasteiger partial charge in [-0.3, -0.25) is 19.3 Å². The van der Waals surface area contributed by atoms with Gasteiger partial charge in [0.1, 0.15) is 37.9 Å². The Morgan fingerprint density at radius 1 is 0.818 bits per heavy atom. The Labute approximate surface area is 259 Å². The third kappa shape index (κ3) is 8.00. The van der Waals surface area contributed by atoms with Gasteiger partial charge in [0.05, 0.1) is 23.8 Å². The van der Waals surface area contributed by atoms with E-state index in [1.54, 1.807) is 6.07 Å². The first-order chi connectivity index (χ1) is 21.4. The van der Waals surface area contributed by atoms with E-state index in [0.29, 0.717) is 30.2 Å². The van der Waals surface area contributed by atoms with Crippen LogP contribution in [0.5, 0.6) is 5.75 Å². The lowest BCUT2D eigenvalue weighted by Gasteiger charge is -2.23. The first-order valence-electron chi connectivity index (χ1n) is 14.0. The summed E-state index contributed by atoms with van der Waals surface area (Å²) in [6.45, 7) is 0.332. The molecule has 0 aromatic heterocycles. The summed E-state index contributed by atoms with van der Waals surface area (Å²) in [6, 6.07) is 27.5. The molecule has 5 rings (SSSR count). The highest BCUT2D eigenvalue weighted by molar-refractivity contribution is 6.34. The second-order valence-electron chi connectivity index (χ2n) is 10.1. The van der Waals surface area contributed by atoms with E-state index in [9.17, 15) is 18.8 Å². The number of amides is 2. The van der Waals surface area contributed by atoms with Crippen LogP contribution in [0, 0.1) is 5.82 Å². The summed E-state index contributed by atoms with van der Waals surface area (Å²) in [5.41, 5.74) is 2.71. The van der Waals surface area contributed by atoms with Crippen LogP contribution in [-0.2, 0) is 38.8 Å². The molecule has 4 aromatic carbocycles. The van der Waals surface area contributed by atoms with Crippen LogP contribution in [0.2, 0.25) is 5.02 Å². The monoisotopic (exact) mass is 616 g/mol. The average molecular weight is 617 g/mol. The maximum Gasteiger partial charge on any atom is 0.325 e. The van der Waals surface area contributed by atoms with Crippen molar-refractivity contribution in [1.82, 2.24) is 4.90 Å². The fourth-order valence-corrected chi connectivity index (χ4v) is 4.96. The molecule has 0 atom stereocenters. The summed E-state index contributed by atoms with van der Waals surface area (Å²) >= 11 is 6.50. The molecule has 0 aliphatic carbocycles. The topological polar surface area (TPSA) is 85.4 Å². The number of hydrogen-bond donors (Lipinski definition) is 0. The maximum absolute atomic E-state index is 14.3. The largest absolute Gasteiger partial charge is 0.491 e. The lowest BCUT2D eigenvalue weighted by molar-refractivity contribution is -0.150. The smallest absolute Gasteiger partial charge is 0.325 e. The van der Waals surface area contributed by atoms with Crippen molar-refractivity contribution >= 4 is 35.1 Å². The van der Waals surface area contributed by atoms with E-state index < -0.39 is 23.6 Å². The SMILES string of the molecule is O=C(CN1Cc2cc(F)ccc2N(C(=O)c2ccc(OCCOCc3ccccc3)cc2Cl)CC1=O)OCc1ccccc1. The van der Waals surface area contributed by atoms with Gasteiger partial charge in [0.25, 0.3) is 5.91 Å². The van der Waals surface area contributed by atoms with Crippen LogP contribution in [0.25, 0.3) is 0 Å². The zero-order valence-electron chi connectivity index (χ0n) is 23.8. The lowest BCUT2D eigenvalue weighted by Crippen LogP contribution is -2.42. The number of fused-ring (bicyclic) bond motifs is 1. The quantitative estimate of drug-likeness (QED) is 0.156. The van der Waals surface area contributed by atoms with Crippen molar-refractivity contribution in [2.75, 3.05) is 31.2 Å². The van der Waals surface area contributed by atoms with Crippen LogP contribution in [0.4, 0.5) is 10.1 Å². The second-order valence-corrected chi connectivity index (χ2v) is 10.5. The molecule has 0 N–H and O–H groups in total. The van der Waals surface area contributed by atoms with Gasteiger partial charge in [0, 0.05) is 12.2 Å². The molecule has 1 aliphatic rings. The number of nitrogens with zero attached hydrogens (tertiary/aromatic N) is 2. The third-order valence-electron chi connectivity index (χ3n) is 6.93. The highest BCUT2D eigenvalue weighted by Crippen LogP contribution is 2.31. The molecule has 8 nitrogen and oxygen atoms in total. The van der Waals surface area contributed by atoms with Gasteiger partial charge in [0.2, 0.25) is 5.91 Å². The summed E-state index contributed by atoms with van der Waals surface area (Å²) in [7, 11) is 0. The highest BCUT2D eigenvalue weighted by Gasteiger charge is 2.32. The van der Waals surface area contributed by atoms with E-state index >= 15 is 0 Å². The van der Waals surface area contributed by atoms with Crippen LogP contribution in [0.3, 0.4) is 0 Å².